The number of aliphatic hydroxyl groups excluding tert-OH is 1. The van der Waals surface area contributed by atoms with Crippen LogP contribution in [0.5, 0.6) is 0 Å². The molecular weight excluding hydrogens is 248 g/mol. The molecule has 0 aromatic carbocycles. The number of carbonyl (C=O) groups excluding carboxylic acids is 1. The smallest absolute Gasteiger partial charge is 0.319 e. The van der Waals surface area contributed by atoms with Gasteiger partial charge in [0.25, 0.3) is 0 Å². The van der Waals surface area contributed by atoms with Gasteiger partial charge in [0, 0.05) is 6.54 Å². The number of hydrogen-bond donors (Lipinski definition) is 3. The average Bonchev–Trinajstić information content (AvgIpc) is 2.91. The van der Waals surface area contributed by atoms with E-state index < -0.39 is 12.1 Å². The largest absolute Gasteiger partial charge is 0.392 e. The van der Waals surface area contributed by atoms with Crippen LogP contribution in [-0.2, 0) is 0 Å². The summed E-state index contributed by atoms with van der Waals surface area (Å²) in [4.78, 5) is 19.4. The van der Waals surface area contributed by atoms with Crippen molar-refractivity contribution in [2.24, 2.45) is 0 Å². The molecule has 0 aliphatic rings. The number of amides is 2. The topological polar surface area (TPSA) is 105 Å². The molecule has 2 heterocycles. The van der Waals surface area contributed by atoms with E-state index in [4.69, 9.17) is 5.11 Å². The van der Waals surface area contributed by atoms with Crippen LogP contribution in [0.1, 0.15) is 6.92 Å². The number of hydrogen-bond acceptors (Lipinski definition) is 5. The zero-order valence-corrected chi connectivity index (χ0v) is 10.3. The number of urea groups is 1. The number of aliphatic hydroxyl groups is 1. The minimum absolute atomic E-state index is 0.191. The van der Waals surface area contributed by atoms with E-state index in [-0.39, 0.29) is 6.54 Å². The van der Waals surface area contributed by atoms with Crippen molar-refractivity contribution >= 4 is 11.7 Å². The van der Waals surface area contributed by atoms with Crippen LogP contribution in [0.2, 0.25) is 0 Å². The minimum Gasteiger partial charge on any atom is -0.392 e. The first-order valence-corrected chi connectivity index (χ1v) is 5.69. The molecule has 2 rings (SSSR count). The van der Waals surface area contributed by atoms with Gasteiger partial charge in [-0.2, -0.15) is 5.10 Å². The van der Waals surface area contributed by atoms with E-state index in [2.05, 4.69) is 25.7 Å². The predicted molar refractivity (Wildman–Crippen MR) is 67.9 cm³/mol. The van der Waals surface area contributed by atoms with Crippen molar-refractivity contribution in [3.63, 3.8) is 0 Å². The predicted octanol–water partition coefficient (Wildman–Crippen LogP) is 0.165. The molecule has 2 amide bonds. The molecule has 3 N–H and O–H groups in total. The molecule has 0 saturated carbocycles. The summed E-state index contributed by atoms with van der Waals surface area (Å²) in [7, 11) is 0. The zero-order valence-electron chi connectivity index (χ0n) is 10.3. The average molecular weight is 262 g/mol. The fourth-order valence-corrected chi connectivity index (χ4v) is 1.34. The Kier molecular flexibility index (Phi) is 4.04. The van der Waals surface area contributed by atoms with Gasteiger partial charge in [-0.05, 0) is 19.1 Å². The van der Waals surface area contributed by atoms with Crippen LogP contribution in [0.3, 0.4) is 0 Å². The van der Waals surface area contributed by atoms with Crippen LogP contribution >= 0.6 is 0 Å². The quantitative estimate of drug-likeness (QED) is 0.728. The maximum Gasteiger partial charge on any atom is 0.319 e. The van der Waals surface area contributed by atoms with Crippen LogP contribution in [0.25, 0.3) is 5.82 Å². The second kappa shape index (κ2) is 5.91. The molecule has 8 heteroatoms. The minimum atomic E-state index is -0.585. The van der Waals surface area contributed by atoms with Crippen LogP contribution < -0.4 is 10.6 Å². The SMILES string of the molecule is C[C@H](O)CNC(=O)Nc1ccc(-n2cncn2)nc1. The lowest BCUT2D eigenvalue weighted by Crippen LogP contribution is -2.34. The Morgan fingerprint density at radius 2 is 2.37 bits per heavy atom. The van der Waals surface area contributed by atoms with Gasteiger partial charge in [-0.15, -0.1) is 0 Å². The van der Waals surface area contributed by atoms with Crippen molar-refractivity contribution in [3.8, 4) is 5.82 Å². The maximum atomic E-state index is 11.4. The summed E-state index contributed by atoms with van der Waals surface area (Å²) < 4.78 is 1.51. The van der Waals surface area contributed by atoms with E-state index in [1.165, 1.54) is 23.5 Å². The second-order valence-electron chi connectivity index (χ2n) is 3.93. The number of carbonyl (C=O) groups is 1. The summed E-state index contributed by atoms with van der Waals surface area (Å²) in [6.07, 6.45) is 3.87. The summed E-state index contributed by atoms with van der Waals surface area (Å²) in [6, 6.07) is 3.02. The second-order valence-corrected chi connectivity index (χ2v) is 3.93. The highest BCUT2D eigenvalue weighted by Gasteiger charge is 2.04. The lowest BCUT2D eigenvalue weighted by atomic mass is 10.4. The summed E-state index contributed by atoms with van der Waals surface area (Å²) in [5.74, 6) is 0.604. The fourth-order valence-electron chi connectivity index (χ4n) is 1.34. The molecule has 0 fully saturated rings. The Balaban J connectivity index is 1.94. The number of anilines is 1. The van der Waals surface area contributed by atoms with E-state index in [0.717, 1.165) is 0 Å². The van der Waals surface area contributed by atoms with Crippen LogP contribution in [0.4, 0.5) is 10.5 Å². The summed E-state index contributed by atoms with van der Waals surface area (Å²) in [5.41, 5.74) is 0.548. The van der Waals surface area contributed by atoms with Gasteiger partial charge in [-0.3, -0.25) is 0 Å². The molecule has 19 heavy (non-hydrogen) atoms. The van der Waals surface area contributed by atoms with Crippen molar-refractivity contribution in [1.82, 2.24) is 25.1 Å². The monoisotopic (exact) mass is 262 g/mol. The Hall–Kier alpha value is -2.48. The zero-order chi connectivity index (χ0) is 13.7. The Bertz CT molecular complexity index is 523. The van der Waals surface area contributed by atoms with Crippen molar-refractivity contribution in [1.29, 1.82) is 0 Å². The number of aromatic nitrogens is 4. The van der Waals surface area contributed by atoms with Gasteiger partial charge in [0.2, 0.25) is 0 Å². The highest BCUT2D eigenvalue weighted by molar-refractivity contribution is 5.89. The normalized spacial score (nSPS) is 11.9. The fraction of sp³-hybridized carbons (Fsp3) is 0.273. The molecule has 2 aromatic heterocycles. The highest BCUT2D eigenvalue weighted by Crippen LogP contribution is 2.08. The molecule has 0 aliphatic heterocycles. The molecule has 8 nitrogen and oxygen atoms in total. The van der Waals surface area contributed by atoms with Crippen molar-refractivity contribution in [2.45, 2.75) is 13.0 Å². The standard InChI is InChI=1S/C11H14N6O2/c1-8(18)4-14-11(19)16-9-2-3-10(13-5-9)17-7-12-6-15-17/h2-3,5-8,18H,4H2,1H3,(H2,14,16,19)/t8-/m0/s1. The van der Waals surface area contributed by atoms with Gasteiger partial charge in [0.05, 0.1) is 18.0 Å². The molecule has 0 radical (unpaired) electrons. The molecule has 100 valence electrons. The Labute approximate surface area is 109 Å². The van der Waals surface area contributed by atoms with E-state index in [0.29, 0.717) is 11.5 Å². The molecule has 0 saturated heterocycles. The van der Waals surface area contributed by atoms with Gasteiger partial charge >= 0.3 is 6.03 Å². The van der Waals surface area contributed by atoms with Crippen molar-refractivity contribution in [3.05, 3.63) is 31.0 Å². The van der Waals surface area contributed by atoms with Crippen LogP contribution in [0.15, 0.2) is 31.0 Å². The van der Waals surface area contributed by atoms with E-state index in [1.807, 2.05) is 0 Å². The highest BCUT2D eigenvalue weighted by atomic mass is 16.3. The summed E-state index contributed by atoms with van der Waals surface area (Å²) >= 11 is 0. The summed E-state index contributed by atoms with van der Waals surface area (Å²) in [6.45, 7) is 1.78. The Morgan fingerprint density at radius 1 is 1.53 bits per heavy atom. The van der Waals surface area contributed by atoms with Crippen LogP contribution in [0, 0.1) is 0 Å². The van der Waals surface area contributed by atoms with E-state index >= 15 is 0 Å². The molecule has 0 spiro atoms. The van der Waals surface area contributed by atoms with Gasteiger partial charge in [-0.1, -0.05) is 0 Å². The van der Waals surface area contributed by atoms with Gasteiger partial charge in [0.1, 0.15) is 12.7 Å². The Morgan fingerprint density at radius 3 is 2.95 bits per heavy atom. The molecule has 1 atom stereocenters. The van der Waals surface area contributed by atoms with Gasteiger partial charge in [0.15, 0.2) is 5.82 Å². The molecule has 0 bridgehead atoms. The lowest BCUT2D eigenvalue weighted by molar-refractivity contribution is 0.190. The third kappa shape index (κ3) is 3.75. The molecular formula is C11H14N6O2. The van der Waals surface area contributed by atoms with Gasteiger partial charge in [-0.25, -0.2) is 19.4 Å². The molecule has 0 unspecified atom stereocenters. The number of rotatable bonds is 4. The van der Waals surface area contributed by atoms with Crippen molar-refractivity contribution in [2.75, 3.05) is 11.9 Å². The lowest BCUT2D eigenvalue weighted by Gasteiger charge is -2.09. The van der Waals surface area contributed by atoms with Gasteiger partial charge < -0.3 is 15.7 Å². The first-order chi connectivity index (χ1) is 9.15. The van der Waals surface area contributed by atoms with E-state index in [1.54, 1.807) is 19.1 Å². The van der Waals surface area contributed by atoms with E-state index in [9.17, 15) is 4.79 Å². The molecule has 0 aliphatic carbocycles. The first-order valence-electron chi connectivity index (χ1n) is 5.69. The third-order valence-electron chi connectivity index (χ3n) is 2.22. The first kappa shape index (κ1) is 13.0. The number of nitrogens with one attached hydrogen (secondary N) is 2. The third-order valence-corrected chi connectivity index (χ3v) is 2.22. The van der Waals surface area contributed by atoms with Crippen molar-refractivity contribution < 1.29 is 9.90 Å². The maximum absolute atomic E-state index is 11.4. The number of pyridine rings is 1. The molecule has 2 aromatic rings. The van der Waals surface area contributed by atoms with Crippen LogP contribution in [-0.4, -0.2) is 43.5 Å². The number of nitrogens with zero attached hydrogens (tertiary/aromatic N) is 4. The summed E-state index contributed by atoms with van der Waals surface area (Å²) in [5, 5.41) is 18.1.